The number of ether oxygens (including phenoxy) is 2. The highest BCUT2D eigenvalue weighted by Crippen LogP contribution is 2.55. The smallest absolute Gasteiger partial charge is 0.402 e. The zero-order chi connectivity index (χ0) is 26.3. The van der Waals surface area contributed by atoms with Gasteiger partial charge in [0.1, 0.15) is 22.9 Å². The van der Waals surface area contributed by atoms with Crippen LogP contribution in [-0.4, -0.2) is 29.8 Å². The minimum Gasteiger partial charge on any atom is -0.457 e. The molecule has 0 aliphatic heterocycles. The van der Waals surface area contributed by atoms with Gasteiger partial charge in [0.25, 0.3) is 0 Å². The maximum absolute atomic E-state index is 14.7. The molecule has 2 aromatic rings. The van der Waals surface area contributed by atoms with Crippen molar-refractivity contribution in [2.24, 2.45) is 0 Å². The van der Waals surface area contributed by atoms with Gasteiger partial charge in [0.15, 0.2) is 0 Å². The van der Waals surface area contributed by atoms with Crippen LogP contribution < -0.4 is 0 Å². The fourth-order valence-corrected chi connectivity index (χ4v) is 4.37. The summed E-state index contributed by atoms with van der Waals surface area (Å²) in [4.78, 5) is 24.2. The fraction of sp³-hybridized carbons (Fsp3) is 0.385. The molecule has 0 saturated carbocycles. The summed E-state index contributed by atoms with van der Waals surface area (Å²) in [6, 6.07) is 7.36. The summed E-state index contributed by atoms with van der Waals surface area (Å²) in [7, 11) is 0. The first kappa shape index (κ1) is 26.7. The van der Waals surface area contributed by atoms with Crippen molar-refractivity contribution in [1.82, 2.24) is 0 Å². The third-order valence-electron chi connectivity index (χ3n) is 5.76. The van der Waals surface area contributed by atoms with E-state index in [4.69, 9.17) is 21.1 Å². The number of aryl methyl sites for hydroxylation is 1. The Hall–Kier alpha value is -2.87. The molecule has 0 saturated heterocycles. The minimum absolute atomic E-state index is 0.257. The summed E-state index contributed by atoms with van der Waals surface area (Å²) in [6.45, 7) is 7.85. The van der Waals surface area contributed by atoms with E-state index in [0.717, 1.165) is 25.1 Å². The quantitative estimate of drug-likeness (QED) is 0.328. The average molecular weight is 513 g/mol. The first-order chi connectivity index (χ1) is 16.0. The van der Waals surface area contributed by atoms with Gasteiger partial charge in [-0.1, -0.05) is 29.8 Å². The molecular weight excluding hydrogens is 488 g/mol. The number of carbonyl (C=O) groups excluding carboxylic acids is 2. The molecule has 0 bridgehead atoms. The van der Waals surface area contributed by atoms with Crippen LogP contribution in [0.2, 0.25) is 5.02 Å². The Bertz CT molecular complexity index is 1200. The van der Waals surface area contributed by atoms with Crippen molar-refractivity contribution in [3.05, 3.63) is 75.6 Å². The van der Waals surface area contributed by atoms with Crippen LogP contribution in [0.5, 0.6) is 0 Å². The highest BCUT2D eigenvalue weighted by atomic mass is 35.5. The molecule has 0 aromatic heterocycles. The topological polar surface area (TPSA) is 52.6 Å². The number of esters is 2. The van der Waals surface area contributed by atoms with Crippen molar-refractivity contribution in [2.45, 2.75) is 64.3 Å². The third kappa shape index (κ3) is 5.37. The van der Waals surface area contributed by atoms with Crippen LogP contribution >= 0.6 is 11.6 Å². The molecule has 2 atom stereocenters. The number of hydrogen-bond acceptors (Lipinski definition) is 4. The van der Waals surface area contributed by atoms with Gasteiger partial charge in [0.05, 0.1) is 10.6 Å². The SMILES string of the molecule is CC(=O)OC1C=C(c2ccc(C(=O)OC(C)(C)C)c(C)c2)CC1(c1ccc(F)c(Cl)c1)C(F)(F)F. The number of halogens is 5. The lowest BCUT2D eigenvalue weighted by Crippen LogP contribution is -2.50. The Morgan fingerprint density at radius 1 is 1.09 bits per heavy atom. The van der Waals surface area contributed by atoms with Gasteiger partial charge in [0.2, 0.25) is 0 Å². The van der Waals surface area contributed by atoms with Crippen LogP contribution in [0.25, 0.3) is 5.57 Å². The van der Waals surface area contributed by atoms with Crippen molar-refractivity contribution in [2.75, 3.05) is 0 Å². The molecule has 9 heteroatoms. The fourth-order valence-electron chi connectivity index (χ4n) is 4.19. The van der Waals surface area contributed by atoms with Crippen molar-refractivity contribution in [3.8, 4) is 0 Å². The number of alkyl halides is 3. The summed E-state index contributed by atoms with van der Waals surface area (Å²) in [5, 5.41) is -0.473. The normalized spacial score (nSPS) is 20.4. The Morgan fingerprint density at radius 3 is 2.26 bits per heavy atom. The Balaban J connectivity index is 2.09. The summed E-state index contributed by atoms with van der Waals surface area (Å²) < 4.78 is 68.4. The molecular formula is C26H25ClF4O4. The van der Waals surface area contributed by atoms with E-state index in [1.54, 1.807) is 33.8 Å². The van der Waals surface area contributed by atoms with Crippen molar-refractivity contribution >= 4 is 29.1 Å². The van der Waals surface area contributed by atoms with E-state index in [1.807, 2.05) is 0 Å². The largest absolute Gasteiger partial charge is 0.457 e. The van der Waals surface area contributed by atoms with Crippen molar-refractivity contribution in [1.29, 1.82) is 0 Å². The highest BCUT2D eigenvalue weighted by Gasteiger charge is 2.64. The molecule has 0 N–H and O–H groups in total. The second-order valence-electron chi connectivity index (χ2n) is 9.53. The standard InChI is InChI=1S/C26H25ClF4O4/c1-14-10-16(6-8-19(14)23(33)35-24(3,4)5)17-11-22(34-15(2)32)25(13-17,26(29,30)31)18-7-9-21(28)20(27)12-18/h6-12,22H,13H2,1-5H3. The predicted molar refractivity (Wildman–Crippen MR) is 124 cm³/mol. The lowest BCUT2D eigenvalue weighted by Gasteiger charge is -2.37. The van der Waals surface area contributed by atoms with Gasteiger partial charge >= 0.3 is 18.1 Å². The monoisotopic (exact) mass is 512 g/mol. The molecule has 4 nitrogen and oxygen atoms in total. The molecule has 2 unspecified atom stereocenters. The predicted octanol–water partition coefficient (Wildman–Crippen LogP) is 6.96. The zero-order valence-corrected chi connectivity index (χ0v) is 20.6. The van der Waals surface area contributed by atoms with Gasteiger partial charge < -0.3 is 9.47 Å². The van der Waals surface area contributed by atoms with E-state index >= 15 is 0 Å². The first-order valence-electron chi connectivity index (χ1n) is 10.8. The van der Waals surface area contributed by atoms with Gasteiger partial charge in [-0.05, 0) is 80.7 Å². The van der Waals surface area contributed by atoms with Crippen molar-refractivity contribution < 1.29 is 36.6 Å². The van der Waals surface area contributed by atoms with Crippen LogP contribution in [0.4, 0.5) is 17.6 Å². The van der Waals surface area contributed by atoms with Gasteiger partial charge in [-0.2, -0.15) is 13.2 Å². The summed E-state index contributed by atoms with van der Waals surface area (Å²) >= 11 is 5.81. The average Bonchev–Trinajstić information content (AvgIpc) is 3.08. The second-order valence-corrected chi connectivity index (χ2v) is 9.94. The van der Waals surface area contributed by atoms with Crippen molar-refractivity contribution in [3.63, 3.8) is 0 Å². The van der Waals surface area contributed by atoms with E-state index in [-0.39, 0.29) is 16.7 Å². The molecule has 0 radical (unpaired) electrons. The molecule has 3 rings (SSSR count). The molecule has 0 heterocycles. The van der Waals surface area contributed by atoms with Crippen LogP contribution in [0.3, 0.4) is 0 Å². The molecule has 1 aliphatic carbocycles. The van der Waals surface area contributed by atoms with Gasteiger partial charge in [-0.25, -0.2) is 9.18 Å². The summed E-state index contributed by atoms with van der Waals surface area (Å²) in [5.74, 6) is -2.31. The van der Waals surface area contributed by atoms with E-state index in [0.29, 0.717) is 11.1 Å². The second kappa shape index (κ2) is 9.30. The first-order valence-corrected chi connectivity index (χ1v) is 11.2. The Morgan fingerprint density at radius 2 is 1.74 bits per heavy atom. The van der Waals surface area contributed by atoms with Crippen LogP contribution in [0.15, 0.2) is 42.5 Å². The lowest BCUT2D eigenvalue weighted by molar-refractivity contribution is -0.213. The molecule has 35 heavy (non-hydrogen) atoms. The molecule has 0 spiro atoms. The lowest BCUT2D eigenvalue weighted by atomic mass is 9.74. The van der Waals surface area contributed by atoms with Crippen LogP contribution in [-0.2, 0) is 19.7 Å². The number of allylic oxidation sites excluding steroid dienone is 1. The van der Waals surface area contributed by atoms with E-state index in [9.17, 15) is 27.2 Å². The molecule has 188 valence electrons. The third-order valence-corrected chi connectivity index (χ3v) is 6.05. The molecule has 0 fully saturated rings. The number of carbonyl (C=O) groups is 2. The van der Waals surface area contributed by atoms with E-state index < -0.39 is 52.5 Å². The molecule has 1 aliphatic rings. The van der Waals surface area contributed by atoms with Gasteiger partial charge in [0, 0.05) is 6.92 Å². The zero-order valence-electron chi connectivity index (χ0n) is 19.8. The van der Waals surface area contributed by atoms with Crippen LogP contribution in [0.1, 0.15) is 61.2 Å². The van der Waals surface area contributed by atoms with Gasteiger partial charge in [-0.3, -0.25) is 4.79 Å². The molecule has 2 aromatic carbocycles. The Labute approximate surface area is 205 Å². The van der Waals surface area contributed by atoms with Gasteiger partial charge in [-0.15, -0.1) is 0 Å². The van der Waals surface area contributed by atoms with Crippen LogP contribution in [0, 0.1) is 12.7 Å². The maximum Gasteiger partial charge on any atom is 0.402 e. The summed E-state index contributed by atoms with van der Waals surface area (Å²) in [5.41, 5.74) is -2.24. The van der Waals surface area contributed by atoms with E-state index in [2.05, 4.69) is 0 Å². The number of hydrogen-bond donors (Lipinski definition) is 0. The highest BCUT2D eigenvalue weighted by molar-refractivity contribution is 6.30. The minimum atomic E-state index is -4.88. The maximum atomic E-state index is 14.7. The number of benzene rings is 2. The summed E-state index contributed by atoms with van der Waals surface area (Å²) in [6.07, 6.45) is -5.92. The van der Waals surface area contributed by atoms with E-state index in [1.165, 1.54) is 18.2 Å². The molecule has 0 amide bonds. The Kier molecular flexibility index (Phi) is 7.10. The number of rotatable bonds is 4.